The molecule has 4 heteroatoms. The van der Waals surface area contributed by atoms with Gasteiger partial charge in [-0.25, -0.2) is 9.78 Å². The SMILES string of the molecule is CCOC(=O)c1oc(C2CC3CCC2C3)nc1CC. The summed E-state index contributed by atoms with van der Waals surface area (Å²) in [6.45, 7) is 4.16. The van der Waals surface area contributed by atoms with Crippen molar-refractivity contribution in [3.63, 3.8) is 0 Å². The van der Waals surface area contributed by atoms with Crippen molar-refractivity contribution in [1.29, 1.82) is 0 Å². The van der Waals surface area contributed by atoms with Gasteiger partial charge in [0.2, 0.25) is 5.76 Å². The fourth-order valence-electron chi connectivity index (χ4n) is 3.67. The maximum absolute atomic E-state index is 11.9. The first kappa shape index (κ1) is 12.7. The van der Waals surface area contributed by atoms with Gasteiger partial charge in [-0.05, 0) is 44.4 Å². The molecular formula is C15H21NO3. The van der Waals surface area contributed by atoms with Crippen LogP contribution in [0.1, 0.15) is 67.6 Å². The van der Waals surface area contributed by atoms with Gasteiger partial charge in [0.15, 0.2) is 5.89 Å². The Morgan fingerprint density at radius 2 is 2.21 bits per heavy atom. The zero-order valence-corrected chi connectivity index (χ0v) is 11.6. The molecule has 0 aromatic carbocycles. The van der Waals surface area contributed by atoms with Crippen LogP contribution in [-0.2, 0) is 11.2 Å². The monoisotopic (exact) mass is 263 g/mol. The molecular weight excluding hydrogens is 242 g/mol. The van der Waals surface area contributed by atoms with Gasteiger partial charge in [-0.3, -0.25) is 0 Å². The van der Waals surface area contributed by atoms with Gasteiger partial charge in [-0.15, -0.1) is 0 Å². The molecule has 3 rings (SSSR count). The summed E-state index contributed by atoms with van der Waals surface area (Å²) in [5.74, 6) is 2.70. The maximum atomic E-state index is 11.9. The first-order valence-electron chi connectivity index (χ1n) is 7.39. The molecule has 2 saturated carbocycles. The molecule has 19 heavy (non-hydrogen) atoms. The number of hydrogen-bond acceptors (Lipinski definition) is 4. The molecule has 1 heterocycles. The Morgan fingerprint density at radius 3 is 2.79 bits per heavy atom. The lowest BCUT2D eigenvalue weighted by atomic mass is 9.89. The van der Waals surface area contributed by atoms with Crippen LogP contribution in [0.4, 0.5) is 0 Å². The minimum Gasteiger partial charge on any atom is -0.460 e. The second-order valence-corrected chi connectivity index (χ2v) is 5.68. The number of aryl methyl sites for hydroxylation is 1. The number of esters is 1. The van der Waals surface area contributed by atoms with Gasteiger partial charge in [-0.2, -0.15) is 0 Å². The zero-order valence-electron chi connectivity index (χ0n) is 11.6. The fraction of sp³-hybridized carbons (Fsp3) is 0.733. The summed E-state index contributed by atoms with van der Waals surface area (Å²) in [5, 5.41) is 0. The molecule has 1 aromatic rings. The third kappa shape index (κ3) is 2.17. The smallest absolute Gasteiger partial charge is 0.376 e. The normalized spacial score (nSPS) is 28.8. The van der Waals surface area contributed by atoms with E-state index in [9.17, 15) is 4.79 Å². The summed E-state index contributed by atoms with van der Waals surface area (Å²) in [7, 11) is 0. The Bertz CT molecular complexity index is 480. The fourth-order valence-corrected chi connectivity index (χ4v) is 3.67. The van der Waals surface area contributed by atoms with Crippen LogP contribution in [0.2, 0.25) is 0 Å². The van der Waals surface area contributed by atoms with E-state index < -0.39 is 0 Å². The molecule has 3 atom stereocenters. The highest BCUT2D eigenvalue weighted by molar-refractivity contribution is 5.87. The third-order valence-electron chi connectivity index (χ3n) is 4.56. The van der Waals surface area contributed by atoms with Gasteiger partial charge < -0.3 is 9.15 Å². The molecule has 0 spiro atoms. The number of aromatic nitrogens is 1. The Balaban J connectivity index is 1.85. The van der Waals surface area contributed by atoms with E-state index in [0.717, 1.165) is 17.5 Å². The van der Waals surface area contributed by atoms with Crippen molar-refractivity contribution < 1.29 is 13.9 Å². The molecule has 0 N–H and O–H groups in total. The van der Waals surface area contributed by atoms with Gasteiger partial charge in [0.1, 0.15) is 0 Å². The molecule has 2 fully saturated rings. The molecule has 2 aliphatic rings. The van der Waals surface area contributed by atoms with E-state index in [-0.39, 0.29) is 5.97 Å². The van der Waals surface area contributed by atoms with E-state index in [2.05, 4.69) is 4.98 Å². The number of hydrogen-bond donors (Lipinski definition) is 0. The van der Waals surface area contributed by atoms with Crippen LogP contribution < -0.4 is 0 Å². The maximum Gasteiger partial charge on any atom is 0.376 e. The number of carbonyl (C=O) groups is 1. The van der Waals surface area contributed by atoms with Crippen molar-refractivity contribution >= 4 is 5.97 Å². The van der Waals surface area contributed by atoms with Crippen LogP contribution in [0, 0.1) is 11.8 Å². The predicted molar refractivity (Wildman–Crippen MR) is 70.0 cm³/mol. The van der Waals surface area contributed by atoms with E-state index in [1.54, 1.807) is 6.92 Å². The lowest BCUT2D eigenvalue weighted by Gasteiger charge is -2.17. The standard InChI is InChI=1S/C15H21NO3/c1-3-12-13(15(17)18-4-2)19-14(16-12)11-8-9-5-6-10(11)7-9/h9-11H,3-8H2,1-2H3. The molecule has 0 aliphatic heterocycles. The van der Waals surface area contributed by atoms with Crippen molar-refractivity contribution in [2.24, 2.45) is 11.8 Å². The van der Waals surface area contributed by atoms with E-state index in [0.29, 0.717) is 30.6 Å². The summed E-state index contributed by atoms with van der Waals surface area (Å²) in [6, 6.07) is 0. The van der Waals surface area contributed by atoms with Crippen molar-refractivity contribution in [2.75, 3.05) is 6.61 Å². The van der Waals surface area contributed by atoms with Gasteiger partial charge >= 0.3 is 5.97 Å². The lowest BCUT2D eigenvalue weighted by molar-refractivity contribution is 0.0485. The third-order valence-corrected chi connectivity index (χ3v) is 4.56. The van der Waals surface area contributed by atoms with Gasteiger partial charge in [0.25, 0.3) is 0 Å². The highest BCUT2D eigenvalue weighted by Crippen LogP contribution is 2.52. The van der Waals surface area contributed by atoms with E-state index in [1.807, 2.05) is 6.92 Å². The van der Waals surface area contributed by atoms with E-state index in [4.69, 9.17) is 9.15 Å². The second-order valence-electron chi connectivity index (χ2n) is 5.68. The predicted octanol–water partition coefficient (Wildman–Crippen LogP) is 3.32. The van der Waals surface area contributed by atoms with Crippen molar-refractivity contribution in [3.05, 3.63) is 17.3 Å². The molecule has 2 aliphatic carbocycles. The molecule has 104 valence electrons. The van der Waals surface area contributed by atoms with Gasteiger partial charge in [0, 0.05) is 5.92 Å². The van der Waals surface area contributed by atoms with Crippen LogP contribution >= 0.6 is 0 Å². The Morgan fingerprint density at radius 1 is 1.37 bits per heavy atom. The first-order chi connectivity index (χ1) is 9.22. The minimum atomic E-state index is -0.374. The van der Waals surface area contributed by atoms with E-state index >= 15 is 0 Å². The number of fused-ring (bicyclic) bond motifs is 2. The Kier molecular flexibility index (Phi) is 3.33. The topological polar surface area (TPSA) is 52.3 Å². The van der Waals surface area contributed by atoms with Crippen molar-refractivity contribution in [1.82, 2.24) is 4.98 Å². The number of rotatable bonds is 4. The molecule has 0 saturated heterocycles. The number of carbonyl (C=O) groups excluding carboxylic acids is 1. The van der Waals surface area contributed by atoms with Crippen molar-refractivity contribution in [3.8, 4) is 0 Å². The summed E-state index contributed by atoms with van der Waals surface area (Å²) in [4.78, 5) is 16.4. The van der Waals surface area contributed by atoms with Gasteiger partial charge in [0.05, 0.1) is 12.3 Å². The van der Waals surface area contributed by atoms with Crippen LogP contribution in [0.3, 0.4) is 0 Å². The highest BCUT2D eigenvalue weighted by atomic mass is 16.5. The molecule has 2 bridgehead atoms. The molecule has 3 unspecified atom stereocenters. The Hall–Kier alpha value is -1.32. The second kappa shape index (κ2) is 4.99. The first-order valence-corrected chi connectivity index (χ1v) is 7.39. The average molecular weight is 263 g/mol. The average Bonchev–Trinajstić information content (AvgIpc) is 3.12. The van der Waals surface area contributed by atoms with Crippen LogP contribution in [0.5, 0.6) is 0 Å². The lowest BCUT2D eigenvalue weighted by Crippen LogP contribution is -2.08. The molecule has 0 radical (unpaired) electrons. The van der Waals surface area contributed by atoms with Crippen LogP contribution in [-0.4, -0.2) is 17.6 Å². The summed E-state index contributed by atoms with van der Waals surface area (Å²) in [6.07, 6.45) is 5.83. The zero-order chi connectivity index (χ0) is 13.4. The molecule has 4 nitrogen and oxygen atoms in total. The minimum absolute atomic E-state index is 0.321. The number of nitrogens with zero attached hydrogens (tertiary/aromatic N) is 1. The number of oxazole rings is 1. The summed E-state index contributed by atoms with van der Waals surface area (Å²) >= 11 is 0. The highest BCUT2D eigenvalue weighted by Gasteiger charge is 2.43. The van der Waals surface area contributed by atoms with Crippen molar-refractivity contribution in [2.45, 2.75) is 51.9 Å². The summed E-state index contributed by atoms with van der Waals surface area (Å²) in [5.41, 5.74) is 0.747. The quantitative estimate of drug-likeness (QED) is 0.782. The largest absolute Gasteiger partial charge is 0.460 e. The molecule has 0 amide bonds. The van der Waals surface area contributed by atoms with Crippen LogP contribution in [0.25, 0.3) is 0 Å². The number of ether oxygens (including phenoxy) is 1. The Labute approximate surface area is 113 Å². The molecule has 1 aromatic heterocycles. The van der Waals surface area contributed by atoms with E-state index in [1.165, 1.54) is 25.7 Å². The van der Waals surface area contributed by atoms with Gasteiger partial charge in [-0.1, -0.05) is 13.3 Å². The summed E-state index contributed by atoms with van der Waals surface area (Å²) < 4.78 is 10.8. The van der Waals surface area contributed by atoms with Crippen LogP contribution in [0.15, 0.2) is 4.42 Å².